The third-order valence-corrected chi connectivity index (χ3v) is 4.63. The van der Waals surface area contributed by atoms with Crippen molar-refractivity contribution in [2.24, 2.45) is 0 Å². The van der Waals surface area contributed by atoms with Crippen LogP contribution in [-0.4, -0.2) is 22.7 Å². The number of hydrogen-bond donors (Lipinski definition) is 1. The lowest BCUT2D eigenvalue weighted by atomic mass is 10.1. The fraction of sp³-hybridized carbons (Fsp3) is 0.235. The summed E-state index contributed by atoms with van der Waals surface area (Å²) >= 11 is 0. The number of para-hydroxylation sites is 1. The number of ether oxygens (including phenoxy) is 2. The van der Waals surface area contributed by atoms with E-state index in [9.17, 15) is 13.4 Å². The first kappa shape index (κ1) is 16.6. The molecular formula is C17H16FNO4S. The molecule has 1 aliphatic heterocycles. The van der Waals surface area contributed by atoms with E-state index in [4.69, 9.17) is 9.47 Å². The van der Waals surface area contributed by atoms with Gasteiger partial charge in [0.15, 0.2) is 6.79 Å². The van der Waals surface area contributed by atoms with Crippen LogP contribution < -0.4 is 10.1 Å². The highest BCUT2D eigenvalue weighted by atomic mass is 32.2. The Morgan fingerprint density at radius 1 is 1.25 bits per heavy atom. The molecule has 0 saturated heterocycles. The molecule has 0 spiro atoms. The van der Waals surface area contributed by atoms with E-state index in [-0.39, 0.29) is 30.8 Å². The van der Waals surface area contributed by atoms with Crippen molar-refractivity contribution in [1.82, 2.24) is 0 Å². The predicted molar refractivity (Wildman–Crippen MR) is 88.5 cm³/mol. The van der Waals surface area contributed by atoms with Gasteiger partial charge in [-0.25, -0.2) is 4.39 Å². The SMILES string of the molecule is O=C(C[S@](=O)Cc1cc(F)cc2c1OCOC2)Nc1ccccc1. The molecule has 24 heavy (non-hydrogen) atoms. The van der Waals surface area contributed by atoms with Crippen LogP contribution in [0.5, 0.6) is 5.75 Å². The maximum atomic E-state index is 13.7. The number of nitrogens with one attached hydrogen (secondary N) is 1. The van der Waals surface area contributed by atoms with Crippen LogP contribution in [0.15, 0.2) is 42.5 Å². The van der Waals surface area contributed by atoms with Gasteiger partial charge in [-0.3, -0.25) is 9.00 Å². The summed E-state index contributed by atoms with van der Waals surface area (Å²) < 4.78 is 36.4. The van der Waals surface area contributed by atoms with Crippen molar-refractivity contribution in [3.63, 3.8) is 0 Å². The average Bonchev–Trinajstić information content (AvgIpc) is 2.55. The van der Waals surface area contributed by atoms with Gasteiger partial charge in [0, 0.05) is 27.6 Å². The van der Waals surface area contributed by atoms with Gasteiger partial charge in [-0.05, 0) is 24.3 Å². The number of halogens is 1. The molecule has 2 aromatic carbocycles. The molecule has 0 aromatic heterocycles. The number of fused-ring (bicyclic) bond motifs is 1. The van der Waals surface area contributed by atoms with Gasteiger partial charge in [0.05, 0.1) is 12.4 Å². The first-order chi connectivity index (χ1) is 11.6. The predicted octanol–water partition coefficient (Wildman–Crippen LogP) is 2.58. The Balaban J connectivity index is 1.65. The smallest absolute Gasteiger partial charge is 0.237 e. The Bertz CT molecular complexity index is 767. The zero-order valence-corrected chi connectivity index (χ0v) is 13.6. The molecule has 1 aliphatic rings. The van der Waals surface area contributed by atoms with Crippen molar-refractivity contribution in [3.8, 4) is 5.75 Å². The zero-order chi connectivity index (χ0) is 16.9. The van der Waals surface area contributed by atoms with Gasteiger partial charge in [-0.1, -0.05) is 18.2 Å². The van der Waals surface area contributed by atoms with Crippen LogP contribution in [-0.2, 0) is 32.7 Å². The number of benzene rings is 2. The second kappa shape index (κ2) is 7.55. The molecule has 0 fully saturated rings. The first-order valence-corrected chi connectivity index (χ1v) is 8.82. The quantitative estimate of drug-likeness (QED) is 0.901. The summed E-state index contributed by atoms with van der Waals surface area (Å²) in [6, 6.07) is 11.6. The van der Waals surface area contributed by atoms with E-state index in [1.807, 2.05) is 6.07 Å². The Kier molecular flexibility index (Phi) is 5.22. The molecule has 3 rings (SSSR count). The molecule has 7 heteroatoms. The molecule has 5 nitrogen and oxygen atoms in total. The molecule has 1 amide bonds. The topological polar surface area (TPSA) is 64.6 Å². The summed E-state index contributed by atoms with van der Waals surface area (Å²) in [7, 11) is -1.48. The molecule has 126 valence electrons. The van der Waals surface area contributed by atoms with Gasteiger partial charge < -0.3 is 14.8 Å². The largest absolute Gasteiger partial charge is 0.467 e. The van der Waals surface area contributed by atoms with Crippen molar-refractivity contribution in [1.29, 1.82) is 0 Å². The van der Waals surface area contributed by atoms with Crippen molar-refractivity contribution in [2.45, 2.75) is 12.4 Å². The van der Waals surface area contributed by atoms with E-state index >= 15 is 0 Å². The average molecular weight is 349 g/mol. The minimum Gasteiger partial charge on any atom is -0.467 e. The number of rotatable bonds is 5. The third kappa shape index (κ3) is 4.18. The molecular weight excluding hydrogens is 333 g/mol. The maximum absolute atomic E-state index is 13.7. The van der Waals surface area contributed by atoms with Crippen molar-refractivity contribution in [3.05, 3.63) is 59.4 Å². The van der Waals surface area contributed by atoms with Crippen molar-refractivity contribution >= 4 is 22.4 Å². The molecule has 1 atom stereocenters. The summed E-state index contributed by atoms with van der Waals surface area (Å²) in [4.78, 5) is 11.9. The first-order valence-electron chi connectivity index (χ1n) is 7.33. The van der Waals surface area contributed by atoms with E-state index in [2.05, 4.69) is 5.32 Å². The fourth-order valence-corrected chi connectivity index (χ4v) is 3.48. The number of amides is 1. The molecule has 0 aliphatic carbocycles. The summed E-state index contributed by atoms with van der Waals surface area (Å²) in [5.41, 5.74) is 1.71. The summed E-state index contributed by atoms with van der Waals surface area (Å²) in [5.74, 6) is -0.420. The fourth-order valence-electron chi connectivity index (χ4n) is 2.45. The second-order valence-electron chi connectivity index (χ2n) is 5.31. The Morgan fingerprint density at radius 3 is 2.83 bits per heavy atom. The lowest BCUT2D eigenvalue weighted by molar-refractivity contribution is -0.113. The van der Waals surface area contributed by atoms with Gasteiger partial charge >= 0.3 is 0 Å². The lowest BCUT2D eigenvalue weighted by Crippen LogP contribution is -2.21. The van der Waals surface area contributed by atoms with E-state index in [0.717, 1.165) is 0 Å². The maximum Gasteiger partial charge on any atom is 0.237 e. The van der Waals surface area contributed by atoms with Gasteiger partial charge in [0.25, 0.3) is 0 Å². The van der Waals surface area contributed by atoms with E-state index < -0.39 is 16.6 Å². The Morgan fingerprint density at radius 2 is 2.04 bits per heavy atom. The molecule has 0 unspecified atom stereocenters. The summed E-state index contributed by atoms with van der Waals surface area (Å²) in [6.07, 6.45) is 0. The molecule has 1 N–H and O–H groups in total. The monoisotopic (exact) mass is 349 g/mol. The zero-order valence-electron chi connectivity index (χ0n) is 12.8. The number of hydrogen-bond acceptors (Lipinski definition) is 4. The highest BCUT2D eigenvalue weighted by Gasteiger charge is 2.19. The van der Waals surface area contributed by atoms with Gasteiger partial charge in [0.2, 0.25) is 5.91 Å². The van der Waals surface area contributed by atoms with Gasteiger partial charge in [-0.15, -0.1) is 0 Å². The number of carbonyl (C=O) groups excluding carboxylic acids is 1. The standard InChI is InChI=1S/C17H16FNO4S/c18-14-6-12-8-22-11-23-17(12)13(7-14)9-24(21)10-16(20)19-15-4-2-1-3-5-15/h1-7H,8-11H2,(H,19,20)/t24-/m1/s1. The molecule has 0 bridgehead atoms. The van der Waals surface area contributed by atoms with Gasteiger partial charge in [0.1, 0.15) is 17.3 Å². The highest BCUT2D eigenvalue weighted by molar-refractivity contribution is 7.85. The summed E-state index contributed by atoms with van der Waals surface area (Å²) in [6.45, 7) is 0.327. The molecule has 0 radical (unpaired) electrons. The van der Waals surface area contributed by atoms with Crippen LogP contribution in [0.1, 0.15) is 11.1 Å². The number of anilines is 1. The van der Waals surface area contributed by atoms with Crippen LogP contribution in [0.25, 0.3) is 0 Å². The van der Waals surface area contributed by atoms with Crippen LogP contribution in [0.4, 0.5) is 10.1 Å². The Labute approximate surface area is 141 Å². The van der Waals surface area contributed by atoms with Crippen LogP contribution in [0.3, 0.4) is 0 Å². The van der Waals surface area contributed by atoms with Crippen LogP contribution in [0.2, 0.25) is 0 Å². The number of carbonyl (C=O) groups is 1. The lowest BCUT2D eigenvalue weighted by Gasteiger charge is -2.20. The molecule has 0 saturated carbocycles. The van der Waals surface area contributed by atoms with E-state index in [0.29, 0.717) is 22.6 Å². The molecule has 2 aromatic rings. The second-order valence-corrected chi connectivity index (χ2v) is 6.76. The third-order valence-electron chi connectivity index (χ3n) is 3.42. The minimum absolute atomic E-state index is 0.0440. The minimum atomic E-state index is -1.48. The normalized spacial score (nSPS) is 14.4. The summed E-state index contributed by atoms with van der Waals surface area (Å²) in [5, 5.41) is 2.67. The van der Waals surface area contributed by atoms with Crippen LogP contribution in [0, 0.1) is 5.82 Å². The Hall–Kier alpha value is -2.25. The van der Waals surface area contributed by atoms with E-state index in [1.54, 1.807) is 24.3 Å². The molecule has 1 heterocycles. The van der Waals surface area contributed by atoms with Crippen molar-refractivity contribution in [2.75, 3.05) is 17.9 Å². The van der Waals surface area contributed by atoms with Crippen molar-refractivity contribution < 1.29 is 22.9 Å². The van der Waals surface area contributed by atoms with Gasteiger partial charge in [-0.2, -0.15) is 0 Å². The van der Waals surface area contributed by atoms with Crippen LogP contribution >= 0.6 is 0 Å². The van der Waals surface area contributed by atoms with E-state index in [1.165, 1.54) is 12.1 Å². The highest BCUT2D eigenvalue weighted by Crippen LogP contribution is 2.30.